The minimum Gasteiger partial charge on any atom is -0.368 e. The van der Waals surface area contributed by atoms with Gasteiger partial charge in [-0.25, -0.2) is 8.42 Å². The van der Waals surface area contributed by atoms with Gasteiger partial charge in [0.05, 0.1) is 17.7 Å². The Bertz CT molecular complexity index is 1020. The molecule has 6 aliphatic rings. The Kier molecular flexibility index (Phi) is 6.31. The Balaban J connectivity index is 1.30. The number of hydrogen-bond donors (Lipinski definition) is 1. The van der Waals surface area contributed by atoms with Crippen LogP contribution in [0.5, 0.6) is 0 Å². The third kappa shape index (κ3) is 3.90. The van der Waals surface area contributed by atoms with Crippen molar-refractivity contribution < 1.29 is 13.2 Å². The Morgan fingerprint density at radius 1 is 1.08 bits per heavy atom. The van der Waals surface area contributed by atoms with E-state index in [2.05, 4.69) is 45.1 Å². The van der Waals surface area contributed by atoms with Gasteiger partial charge in [-0.1, -0.05) is 25.0 Å². The van der Waals surface area contributed by atoms with Gasteiger partial charge < -0.3 is 15.0 Å². The van der Waals surface area contributed by atoms with E-state index < -0.39 is 20.7 Å². The lowest BCUT2D eigenvalue weighted by atomic mass is 9.52. The summed E-state index contributed by atoms with van der Waals surface area (Å²) in [5.74, 6) is 3.62. The summed E-state index contributed by atoms with van der Waals surface area (Å²) in [4.78, 5) is 2.46. The molecule has 0 radical (unpaired) electrons. The summed E-state index contributed by atoms with van der Waals surface area (Å²) >= 11 is 0. The third-order valence-electron chi connectivity index (χ3n) is 12.3. The smallest absolute Gasteiger partial charge is 0.154 e. The van der Waals surface area contributed by atoms with Gasteiger partial charge in [0.1, 0.15) is 5.25 Å². The molecule has 5 nitrogen and oxygen atoms in total. The Morgan fingerprint density at radius 3 is 2.58 bits per heavy atom. The van der Waals surface area contributed by atoms with Crippen LogP contribution in [0.25, 0.3) is 0 Å². The van der Waals surface area contributed by atoms with Gasteiger partial charge in [0.15, 0.2) is 9.84 Å². The number of piperidine rings is 1. The molecule has 1 N–H and O–H groups in total. The molecular formula is C30H50N2O3S. The number of ether oxygens (including phenoxy) is 1. The van der Waals surface area contributed by atoms with Crippen LogP contribution >= 0.6 is 0 Å². The zero-order valence-electron chi connectivity index (χ0n) is 23.6. The maximum atomic E-state index is 13.3. The molecule has 0 bridgehead atoms. The van der Waals surface area contributed by atoms with Gasteiger partial charge in [0, 0.05) is 12.3 Å². The van der Waals surface area contributed by atoms with Crippen molar-refractivity contribution in [3.05, 3.63) is 11.1 Å². The van der Waals surface area contributed by atoms with Crippen molar-refractivity contribution in [1.29, 1.82) is 0 Å². The lowest BCUT2D eigenvalue weighted by molar-refractivity contribution is -0.0663. The quantitative estimate of drug-likeness (QED) is 0.531. The predicted octanol–water partition coefficient (Wildman–Crippen LogP) is 4.82. The zero-order valence-corrected chi connectivity index (χ0v) is 24.4. The number of allylic oxidation sites excluding steroid dienone is 1. The molecule has 1 spiro atoms. The van der Waals surface area contributed by atoms with Gasteiger partial charge in [0.25, 0.3) is 0 Å². The first-order valence-corrected chi connectivity index (χ1v) is 16.8. The lowest BCUT2D eigenvalue weighted by Crippen LogP contribution is -2.55. The number of nitrogens with zero attached hydrogens (tertiary/aromatic N) is 1. The average Bonchev–Trinajstić information content (AvgIpc) is 3.28. The predicted molar refractivity (Wildman–Crippen MR) is 146 cm³/mol. The normalized spacial score (nSPS) is 51.0. The molecule has 0 amide bonds. The number of sulfone groups is 1. The summed E-state index contributed by atoms with van der Waals surface area (Å²) in [6, 6.07) is 0.695. The fraction of sp³-hybridized carbons (Fsp3) is 0.933. The highest BCUT2D eigenvalue weighted by atomic mass is 32.2. The third-order valence-corrected chi connectivity index (χ3v) is 13.9. The SMILES string of the molecule is CC1=C2C[C@H]3C(CC[C@@H]4C[C@H](N(C)C)CC[C@@]43C)[C@@H]2CC[C@@]2(C1)O[C@@H]1C[C@H](C)CNC1[C@H]2S(C)(=O)=O. The number of nitrogens with one attached hydrogen (secondary N) is 1. The minimum absolute atomic E-state index is 0.0261. The second kappa shape index (κ2) is 8.79. The summed E-state index contributed by atoms with van der Waals surface area (Å²) in [5, 5.41) is 3.19. The molecular weight excluding hydrogens is 468 g/mol. The van der Waals surface area contributed by atoms with Crippen molar-refractivity contribution in [3.63, 3.8) is 0 Å². The van der Waals surface area contributed by atoms with E-state index in [1.54, 1.807) is 5.57 Å². The maximum absolute atomic E-state index is 13.3. The van der Waals surface area contributed by atoms with Crippen LogP contribution in [0.4, 0.5) is 0 Å². The first kappa shape index (κ1) is 25.8. The Morgan fingerprint density at radius 2 is 1.86 bits per heavy atom. The summed E-state index contributed by atoms with van der Waals surface area (Å²) in [7, 11) is 1.29. The molecule has 36 heavy (non-hydrogen) atoms. The average molecular weight is 519 g/mol. The minimum atomic E-state index is -3.24. The van der Waals surface area contributed by atoms with Crippen LogP contribution in [-0.4, -0.2) is 69.3 Å². The van der Waals surface area contributed by atoms with Crippen molar-refractivity contribution in [2.75, 3.05) is 26.9 Å². The van der Waals surface area contributed by atoms with E-state index in [4.69, 9.17) is 4.74 Å². The Labute approximate surface area is 220 Å². The highest BCUT2D eigenvalue weighted by molar-refractivity contribution is 7.91. The zero-order chi connectivity index (χ0) is 25.6. The topological polar surface area (TPSA) is 58.6 Å². The van der Waals surface area contributed by atoms with Crippen LogP contribution < -0.4 is 5.32 Å². The van der Waals surface area contributed by atoms with E-state index in [1.165, 1.54) is 50.4 Å². The number of fused-ring (bicyclic) bond motifs is 6. The van der Waals surface area contributed by atoms with Crippen molar-refractivity contribution in [1.82, 2.24) is 10.2 Å². The monoisotopic (exact) mass is 518 g/mol. The molecule has 2 heterocycles. The molecule has 204 valence electrons. The lowest BCUT2D eigenvalue weighted by Gasteiger charge is -2.55. The molecule has 0 aromatic carbocycles. The van der Waals surface area contributed by atoms with E-state index in [0.717, 1.165) is 56.0 Å². The largest absolute Gasteiger partial charge is 0.368 e. The molecule has 2 aliphatic heterocycles. The molecule has 4 aliphatic carbocycles. The van der Waals surface area contributed by atoms with Crippen molar-refractivity contribution in [2.45, 2.75) is 114 Å². The van der Waals surface area contributed by atoms with Crippen LogP contribution in [0.1, 0.15) is 85.0 Å². The van der Waals surface area contributed by atoms with Crippen LogP contribution in [0.3, 0.4) is 0 Å². The summed E-state index contributed by atoms with van der Waals surface area (Å²) in [6.45, 7) is 8.12. The standard InChI is InChI=1S/C30H50N2O3S/c1-18-13-26-27(31-17-18)28(36(6,33)34)30(35-26)12-10-22-23-8-7-20-14-21(32(4)5)9-11-29(20,3)25(23)15-24(22)19(2)16-30/h18,20-23,25-28,31H,7-17H2,1-6H3/t18-,20+,21+,22-,23?,25-,26+,27?,28+,29-,30-/m0/s1. The molecule has 6 heteroatoms. The summed E-state index contributed by atoms with van der Waals surface area (Å²) in [6.07, 6.45) is 13.3. The summed E-state index contributed by atoms with van der Waals surface area (Å²) < 4.78 is 33.5. The fourth-order valence-corrected chi connectivity index (χ4v) is 12.4. The van der Waals surface area contributed by atoms with Crippen molar-refractivity contribution in [2.24, 2.45) is 35.0 Å². The van der Waals surface area contributed by atoms with Crippen LogP contribution in [0.15, 0.2) is 11.1 Å². The van der Waals surface area contributed by atoms with Gasteiger partial charge in [-0.15, -0.1) is 0 Å². The van der Waals surface area contributed by atoms with E-state index in [1.807, 2.05) is 0 Å². The molecule has 0 aromatic rings. The fourth-order valence-electron chi connectivity index (χ4n) is 10.5. The highest BCUT2D eigenvalue weighted by Crippen LogP contribution is 2.65. The van der Waals surface area contributed by atoms with Crippen molar-refractivity contribution >= 4 is 9.84 Å². The van der Waals surface area contributed by atoms with Gasteiger partial charge in [-0.3, -0.25) is 0 Å². The van der Waals surface area contributed by atoms with Crippen LogP contribution in [0, 0.1) is 35.0 Å². The molecule has 11 atom stereocenters. The Hall–Kier alpha value is -0.430. The first-order valence-electron chi connectivity index (χ1n) is 14.9. The number of rotatable bonds is 2. The maximum Gasteiger partial charge on any atom is 0.154 e. The van der Waals surface area contributed by atoms with Crippen LogP contribution in [0.2, 0.25) is 0 Å². The second-order valence-corrected chi connectivity index (χ2v) is 16.7. The van der Waals surface area contributed by atoms with E-state index in [-0.39, 0.29) is 12.1 Å². The molecule has 5 fully saturated rings. The molecule has 0 aromatic heterocycles. The highest BCUT2D eigenvalue weighted by Gasteiger charge is 2.62. The van der Waals surface area contributed by atoms with E-state index in [9.17, 15) is 8.42 Å². The molecule has 2 saturated heterocycles. The van der Waals surface area contributed by atoms with Gasteiger partial charge in [-0.2, -0.15) is 0 Å². The van der Waals surface area contributed by atoms with Crippen LogP contribution in [-0.2, 0) is 14.6 Å². The summed E-state index contributed by atoms with van der Waals surface area (Å²) in [5.41, 5.74) is 3.09. The van der Waals surface area contributed by atoms with Gasteiger partial charge >= 0.3 is 0 Å². The second-order valence-electron chi connectivity index (χ2n) is 14.5. The molecule has 6 rings (SSSR count). The molecule has 3 saturated carbocycles. The van der Waals surface area contributed by atoms with Gasteiger partial charge in [0.2, 0.25) is 0 Å². The first-order chi connectivity index (χ1) is 16.9. The number of hydrogen-bond acceptors (Lipinski definition) is 5. The van der Waals surface area contributed by atoms with E-state index >= 15 is 0 Å². The van der Waals surface area contributed by atoms with E-state index in [0.29, 0.717) is 17.3 Å². The van der Waals surface area contributed by atoms with Gasteiger partial charge in [-0.05, 0) is 127 Å². The van der Waals surface area contributed by atoms with Crippen molar-refractivity contribution in [3.8, 4) is 0 Å². The molecule has 2 unspecified atom stereocenters.